The van der Waals surface area contributed by atoms with E-state index in [1.165, 1.54) is 0 Å². The molecule has 0 bridgehead atoms. The van der Waals surface area contributed by atoms with E-state index in [0.717, 1.165) is 6.92 Å². The van der Waals surface area contributed by atoms with Gasteiger partial charge in [0.05, 0.1) is 12.8 Å². The predicted octanol–water partition coefficient (Wildman–Crippen LogP) is -1.21. The van der Waals surface area contributed by atoms with Crippen molar-refractivity contribution in [3.8, 4) is 0 Å². The molecule has 0 fully saturated rings. The third-order valence-electron chi connectivity index (χ3n) is 1.41. The van der Waals surface area contributed by atoms with Gasteiger partial charge in [-0.2, -0.15) is 5.26 Å². The summed E-state index contributed by atoms with van der Waals surface area (Å²) in [6, 6.07) is 0. The second-order valence-electron chi connectivity index (χ2n) is 3.06. The van der Waals surface area contributed by atoms with Gasteiger partial charge in [-0.15, -0.1) is 0 Å². The van der Waals surface area contributed by atoms with Crippen molar-refractivity contribution in [3.05, 3.63) is 0 Å². The van der Waals surface area contributed by atoms with Crippen molar-refractivity contribution in [1.82, 2.24) is 0 Å². The lowest BCUT2D eigenvalue weighted by molar-refractivity contribution is -0.231. The van der Waals surface area contributed by atoms with Gasteiger partial charge < -0.3 is 25.3 Å². The van der Waals surface area contributed by atoms with Gasteiger partial charge in [-0.25, -0.2) is 9.59 Å². The summed E-state index contributed by atoms with van der Waals surface area (Å²) in [6.07, 6.45) is -2.29. The molecule has 0 amide bonds. The number of aliphatic hydroxyl groups is 1. The Morgan fingerprint density at radius 1 is 0.950 bits per heavy atom. The van der Waals surface area contributed by atoms with E-state index in [9.17, 15) is 19.2 Å². The largest absolute Gasteiger partial charge is 0.481 e. The Balaban J connectivity index is -0.000000346. The van der Waals surface area contributed by atoms with Crippen molar-refractivity contribution < 1.29 is 60.3 Å². The molecule has 0 aliphatic rings. The van der Waals surface area contributed by atoms with Gasteiger partial charge in [0, 0.05) is 6.92 Å². The molecule has 0 aliphatic heterocycles. The smallest absolute Gasteiger partial charge is 0.339 e. The summed E-state index contributed by atoms with van der Waals surface area (Å²) in [5.74, 6) is -5.71. The highest BCUT2D eigenvalue weighted by Crippen LogP contribution is 2.15. The summed E-state index contributed by atoms with van der Waals surface area (Å²) < 4.78 is 0. The Bertz CT molecular complexity index is 318. The lowest BCUT2D eigenvalue weighted by Crippen LogP contribution is -2.42. The number of carbonyl (C=O) groups is 4. The second-order valence-corrected chi connectivity index (χ2v) is 3.06. The van der Waals surface area contributed by atoms with Crippen LogP contribution in [0.1, 0.15) is 19.8 Å². The molecule has 0 aromatic carbocycles. The fraction of sp³-hybridized carbons (Fsp3) is 0.500. The first-order valence-electron chi connectivity index (χ1n) is 4.46. The summed E-state index contributed by atoms with van der Waals surface area (Å²) in [6.45, 7) is 1.11. The maximum Gasteiger partial charge on any atom is 0.339 e. The quantitative estimate of drug-likeness (QED) is 0.235. The highest BCUT2D eigenvalue weighted by Gasteiger charge is 2.40. The highest BCUT2D eigenvalue weighted by atomic mass is 17.1. The van der Waals surface area contributed by atoms with Gasteiger partial charge in [0.1, 0.15) is 0 Å². The average molecular weight is 302 g/mol. The number of hydrogen-bond acceptors (Lipinski definition) is 9. The molecule has 20 heavy (non-hydrogen) atoms. The summed E-state index contributed by atoms with van der Waals surface area (Å²) in [5.41, 5.74) is -2.74. The molecule has 0 saturated carbocycles. The molecule has 118 valence electrons. The van der Waals surface area contributed by atoms with Crippen molar-refractivity contribution >= 4 is 23.9 Å². The molecule has 0 spiro atoms. The van der Waals surface area contributed by atoms with Crippen LogP contribution in [0.15, 0.2) is 0 Å². The first kappa shape index (κ1) is 22.9. The van der Waals surface area contributed by atoms with Crippen LogP contribution < -0.4 is 0 Å². The molecule has 0 saturated heterocycles. The first-order chi connectivity index (χ1) is 9.05. The monoisotopic (exact) mass is 302 g/mol. The van der Waals surface area contributed by atoms with Crippen LogP contribution in [0.4, 0.5) is 0 Å². The molecule has 12 nitrogen and oxygen atoms in total. The number of carboxylic acid groups (broad SMARTS) is 3. The topological polar surface area (TPSA) is 219 Å². The molecular formula is C8H14O12. The molecule has 0 radical (unpaired) electrons. The van der Waals surface area contributed by atoms with Gasteiger partial charge in [0.2, 0.25) is 0 Å². The van der Waals surface area contributed by atoms with E-state index in [0.29, 0.717) is 0 Å². The van der Waals surface area contributed by atoms with Gasteiger partial charge in [0.25, 0.3) is 0 Å². The minimum atomic E-state index is -2.74. The van der Waals surface area contributed by atoms with Crippen molar-refractivity contribution in [2.45, 2.75) is 25.4 Å². The summed E-state index contributed by atoms with van der Waals surface area (Å²) in [5, 5.41) is 53.1. The zero-order valence-corrected chi connectivity index (χ0v) is 10.1. The molecule has 7 N–H and O–H groups in total. The van der Waals surface area contributed by atoms with E-state index in [4.69, 9.17) is 36.2 Å². The minimum Gasteiger partial charge on any atom is -0.481 e. The zero-order valence-electron chi connectivity index (χ0n) is 10.1. The minimum absolute atomic E-state index is 0.690. The Hall–Kier alpha value is -2.28. The third-order valence-corrected chi connectivity index (χ3v) is 1.41. The van der Waals surface area contributed by atoms with Gasteiger partial charge in [-0.1, -0.05) is 0 Å². The van der Waals surface area contributed by atoms with Crippen LogP contribution in [0.5, 0.6) is 0 Å². The molecule has 0 atom stereocenters. The van der Waals surface area contributed by atoms with Crippen molar-refractivity contribution in [2.24, 2.45) is 0 Å². The number of hydrogen-bond donors (Lipinski definition) is 7. The van der Waals surface area contributed by atoms with Crippen LogP contribution in [0, 0.1) is 0 Å². The fourth-order valence-electron chi connectivity index (χ4n) is 0.714. The lowest BCUT2D eigenvalue weighted by atomic mass is 9.96. The molecule has 0 aromatic rings. The summed E-state index contributed by atoms with van der Waals surface area (Å²) in [4.78, 5) is 42.9. The molecule has 0 rings (SSSR count). The van der Waals surface area contributed by atoms with E-state index >= 15 is 0 Å². The van der Waals surface area contributed by atoms with Crippen molar-refractivity contribution in [3.63, 3.8) is 0 Å². The normalized spacial score (nSPS) is 9.05. The van der Waals surface area contributed by atoms with E-state index < -0.39 is 42.3 Å². The molecular weight excluding hydrogens is 288 g/mol. The SMILES string of the molecule is CC(=O)OO.O=C(O)CC(O)(CC(=O)O)C(=O)O.OO. The van der Waals surface area contributed by atoms with Crippen LogP contribution in [0.3, 0.4) is 0 Å². The highest BCUT2D eigenvalue weighted by molar-refractivity contribution is 5.88. The predicted molar refractivity (Wildman–Crippen MR) is 56.7 cm³/mol. The fourth-order valence-corrected chi connectivity index (χ4v) is 0.714. The lowest BCUT2D eigenvalue weighted by Gasteiger charge is -2.18. The average Bonchev–Trinajstić information content (AvgIpc) is 2.30. The molecule has 0 aromatic heterocycles. The van der Waals surface area contributed by atoms with E-state index in [-0.39, 0.29) is 0 Å². The standard InChI is InChI=1S/C6H8O7.C2H4O3.H2O2/c7-3(8)1-6(13,5(11)12)2-4(9)10;1-2(3)5-4;1-2/h13H,1-2H2,(H,7,8)(H,9,10)(H,11,12);4H,1H3;1-2H. The molecule has 0 unspecified atom stereocenters. The van der Waals surface area contributed by atoms with Gasteiger partial charge in [-0.3, -0.25) is 20.1 Å². The molecule has 0 heterocycles. The number of carbonyl (C=O) groups excluding carboxylic acids is 1. The Kier molecular flexibility index (Phi) is 13.5. The van der Waals surface area contributed by atoms with Crippen LogP contribution in [-0.2, 0) is 24.1 Å². The van der Waals surface area contributed by atoms with Crippen LogP contribution in [-0.4, -0.2) is 65.7 Å². The Labute approximate surface area is 110 Å². The third kappa shape index (κ3) is 13.8. The van der Waals surface area contributed by atoms with Gasteiger partial charge >= 0.3 is 23.9 Å². The van der Waals surface area contributed by atoms with E-state index in [2.05, 4.69) is 4.89 Å². The van der Waals surface area contributed by atoms with Crippen LogP contribution in [0.2, 0.25) is 0 Å². The van der Waals surface area contributed by atoms with Crippen molar-refractivity contribution in [2.75, 3.05) is 0 Å². The maximum absolute atomic E-state index is 10.3. The number of carboxylic acids is 3. The van der Waals surface area contributed by atoms with Crippen LogP contribution >= 0.6 is 0 Å². The Morgan fingerprint density at radius 3 is 1.30 bits per heavy atom. The first-order valence-corrected chi connectivity index (χ1v) is 4.46. The van der Waals surface area contributed by atoms with Gasteiger partial charge in [0.15, 0.2) is 5.60 Å². The number of aliphatic carboxylic acids is 3. The zero-order chi connectivity index (χ0) is 16.9. The van der Waals surface area contributed by atoms with Crippen LogP contribution in [0.25, 0.3) is 0 Å². The van der Waals surface area contributed by atoms with Crippen molar-refractivity contribution in [1.29, 1.82) is 0 Å². The molecule has 0 aliphatic carbocycles. The number of rotatable bonds is 5. The molecule has 12 heteroatoms. The van der Waals surface area contributed by atoms with Gasteiger partial charge in [-0.05, 0) is 0 Å². The maximum atomic E-state index is 10.3. The summed E-state index contributed by atoms with van der Waals surface area (Å²) in [7, 11) is 0. The summed E-state index contributed by atoms with van der Waals surface area (Å²) >= 11 is 0. The Morgan fingerprint density at radius 2 is 1.20 bits per heavy atom. The van der Waals surface area contributed by atoms with E-state index in [1.807, 2.05) is 0 Å². The second kappa shape index (κ2) is 11.8. The van der Waals surface area contributed by atoms with E-state index in [1.54, 1.807) is 0 Å².